The number of benzene rings is 1. The van der Waals surface area contributed by atoms with Crippen molar-refractivity contribution in [3.05, 3.63) is 70.3 Å². The smallest absolute Gasteiger partial charge is 0.412 e. The number of anilines is 3. The molecule has 2 atom stereocenters. The molecular weight excluding hydrogens is 582 g/mol. The highest BCUT2D eigenvalue weighted by Gasteiger charge is 2.50. The molecule has 1 unspecified atom stereocenters. The van der Waals surface area contributed by atoms with Crippen molar-refractivity contribution in [3.8, 4) is 0 Å². The summed E-state index contributed by atoms with van der Waals surface area (Å²) in [6.45, 7) is 0.690. The highest BCUT2D eigenvalue weighted by atomic mass is 35.5. The Labute approximate surface area is 242 Å². The average Bonchev–Trinajstić information content (AvgIpc) is 3.63. The number of nitrogens with zero attached hydrogens (tertiary/aromatic N) is 5. The Kier molecular flexibility index (Phi) is 7.03. The molecule has 6 rings (SSSR count). The Morgan fingerprint density at radius 2 is 2.00 bits per heavy atom. The number of fused-ring (bicyclic) bond motifs is 2. The van der Waals surface area contributed by atoms with Crippen LogP contribution in [-0.4, -0.2) is 59.5 Å². The van der Waals surface area contributed by atoms with E-state index in [4.69, 9.17) is 16.3 Å². The molecule has 1 spiro atoms. The highest BCUT2D eigenvalue weighted by Crippen LogP contribution is 2.46. The van der Waals surface area contributed by atoms with E-state index in [0.717, 1.165) is 0 Å². The second-order valence-corrected chi connectivity index (χ2v) is 10.9. The standard InChI is InChI=1S/C27H24ClF4N7O3/c28-18-2-3-19-22(23(18)29)26(42-25(41)36-19)6-8-39(14-26)21-9-16(12-35-37-21)24(40)34-11-15-1-4-20(33-10-15)38-7-5-17(13-38)27(30,31)32/h1-4,9-10,12,17H,5-8,11,13-14H2,(H,34,40)(H,36,41)/t17-,26?/m0/s1. The van der Waals surface area contributed by atoms with Gasteiger partial charge in [0.05, 0.1) is 40.5 Å². The molecule has 15 heteroatoms. The largest absolute Gasteiger partial charge is 0.436 e. The summed E-state index contributed by atoms with van der Waals surface area (Å²) in [6, 6.07) is 7.75. The predicted molar refractivity (Wildman–Crippen MR) is 144 cm³/mol. The molecule has 42 heavy (non-hydrogen) atoms. The molecule has 2 saturated heterocycles. The van der Waals surface area contributed by atoms with E-state index >= 15 is 4.39 Å². The first-order valence-electron chi connectivity index (χ1n) is 13.1. The maximum absolute atomic E-state index is 15.1. The van der Waals surface area contributed by atoms with Crippen LogP contribution in [0.1, 0.15) is 34.3 Å². The molecule has 5 heterocycles. The molecule has 0 saturated carbocycles. The fraction of sp³-hybridized carbons (Fsp3) is 0.370. The summed E-state index contributed by atoms with van der Waals surface area (Å²) in [4.78, 5) is 32.8. The van der Waals surface area contributed by atoms with E-state index in [0.29, 0.717) is 23.7 Å². The zero-order valence-corrected chi connectivity index (χ0v) is 22.7. The van der Waals surface area contributed by atoms with Gasteiger partial charge in [-0.1, -0.05) is 17.7 Å². The Bertz CT molecular complexity index is 1540. The van der Waals surface area contributed by atoms with Crippen molar-refractivity contribution < 1.29 is 31.9 Å². The summed E-state index contributed by atoms with van der Waals surface area (Å²) in [5.41, 5.74) is 0.0208. The van der Waals surface area contributed by atoms with E-state index in [1.807, 2.05) is 0 Å². The van der Waals surface area contributed by atoms with Gasteiger partial charge in [0.1, 0.15) is 5.82 Å². The third kappa shape index (κ3) is 5.26. The lowest BCUT2D eigenvalue weighted by Gasteiger charge is -2.35. The zero-order valence-electron chi connectivity index (χ0n) is 21.9. The zero-order chi connectivity index (χ0) is 29.6. The van der Waals surface area contributed by atoms with Gasteiger partial charge >= 0.3 is 12.3 Å². The van der Waals surface area contributed by atoms with Crippen molar-refractivity contribution in [2.24, 2.45) is 5.92 Å². The second kappa shape index (κ2) is 10.6. The van der Waals surface area contributed by atoms with E-state index in [9.17, 15) is 22.8 Å². The van der Waals surface area contributed by atoms with Crippen LogP contribution < -0.4 is 20.4 Å². The summed E-state index contributed by atoms with van der Waals surface area (Å²) in [5.74, 6) is -1.69. The Hall–Kier alpha value is -4.20. The van der Waals surface area contributed by atoms with E-state index < -0.39 is 35.5 Å². The van der Waals surface area contributed by atoms with Crippen LogP contribution in [-0.2, 0) is 16.9 Å². The van der Waals surface area contributed by atoms with Crippen molar-refractivity contribution in [1.29, 1.82) is 0 Å². The minimum absolute atomic E-state index is 0.0320. The summed E-state index contributed by atoms with van der Waals surface area (Å²) in [7, 11) is 0. The van der Waals surface area contributed by atoms with Crippen LogP contribution in [0, 0.1) is 11.7 Å². The van der Waals surface area contributed by atoms with Gasteiger partial charge in [0, 0.05) is 38.8 Å². The average molecular weight is 606 g/mol. The highest BCUT2D eigenvalue weighted by molar-refractivity contribution is 6.31. The number of carbonyl (C=O) groups is 2. The number of hydrogen-bond donors (Lipinski definition) is 2. The van der Waals surface area contributed by atoms with Gasteiger partial charge in [-0.05, 0) is 36.2 Å². The number of halogens is 5. The van der Waals surface area contributed by atoms with Gasteiger partial charge in [-0.3, -0.25) is 10.1 Å². The van der Waals surface area contributed by atoms with Crippen molar-refractivity contribution in [1.82, 2.24) is 20.5 Å². The number of ether oxygens (including phenoxy) is 1. The molecule has 0 radical (unpaired) electrons. The first kappa shape index (κ1) is 27.9. The summed E-state index contributed by atoms with van der Waals surface area (Å²) in [6.07, 6.45) is -1.83. The van der Waals surface area contributed by atoms with Crippen molar-refractivity contribution in [2.75, 3.05) is 41.3 Å². The van der Waals surface area contributed by atoms with Crippen LogP contribution in [0.2, 0.25) is 5.02 Å². The maximum Gasteiger partial charge on any atom is 0.412 e. The SMILES string of the molecule is O=C1Nc2ccc(Cl)c(F)c2C2(CCN(c3cc(C(=O)NCc4ccc(N5CC[C@H](C(F)(F)F)C5)nc4)cnn3)C2)O1. The normalized spacial score (nSPS) is 21.7. The first-order valence-corrected chi connectivity index (χ1v) is 13.5. The molecule has 2 amide bonds. The van der Waals surface area contributed by atoms with Gasteiger partial charge in [0.2, 0.25) is 0 Å². The molecule has 0 aliphatic carbocycles. The molecular formula is C27H24ClF4N7O3. The number of carbonyl (C=O) groups excluding carboxylic acids is 2. The number of rotatable bonds is 5. The molecule has 2 fully saturated rings. The third-order valence-electron chi connectivity index (χ3n) is 7.77. The number of pyridine rings is 1. The molecule has 220 valence electrons. The molecule has 2 aromatic heterocycles. The van der Waals surface area contributed by atoms with Crippen LogP contribution in [0.4, 0.5) is 39.7 Å². The second-order valence-electron chi connectivity index (χ2n) is 10.4. The van der Waals surface area contributed by atoms with Gasteiger partial charge in [-0.25, -0.2) is 14.2 Å². The van der Waals surface area contributed by atoms with E-state index in [1.165, 1.54) is 30.6 Å². The number of hydrogen-bond acceptors (Lipinski definition) is 8. The number of amides is 2. The van der Waals surface area contributed by atoms with Crippen molar-refractivity contribution >= 4 is 40.9 Å². The van der Waals surface area contributed by atoms with Crippen LogP contribution >= 0.6 is 11.6 Å². The quantitative estimate of drug-likeness (QED) is 0.404. The van der Waals surface area contributed by atoms with Crippen LogP contribution in [0.5, 0.6) is 0 Å². The van der Waals surface area contributed by atoms with Crippen LogP contribution in [0.3, 0.4) is 0 Å². The fourth-order valence-corrected chi connectivity index (χ4v) is 5.75. The minimum atomic E-state index is -4.23. The van der Waals surface area contributed by atoms with E-state index in [1.54, 1.807) is 21.9 Å². The molecule has 0 bridgehead atoms. The Balaban J connectivity index is 1.10. The molecule has 3 aromatic rings. The third-order valence-corrected chi connectivity index (χ3v) is 8.06. The molecule has 3 aliphatic heterocycles. The lowest BCUT2D eigenvalue weighted by atomic mass is 9.89. The summed E-state index contributed by atoms with van der Waals surface area (Å²) >= 11 is 6.02. The van der Waals surface area contributed by atoms with Gasteiger partial charge < -0.3 is 19.9 Å². The number of alkyl halides is 3. The van der Waals surface area contributed by atoms with E-state index in [-0.39, 0.29) is 60.9 Å². The van der Waals surface area contributed by atoms with Crippen LogP contribution in [0.15, 0.2) is 42.7 Å². The molecule has 2 N–H and O–H groups in total. The summed E-state index contributed by atoms with van der Waals surface area (Å²) < 4.78 is 59.6. The van der Waals surface area contributed by atoms with Gasteiger partial charge in [-0.15, -0.1) is 5.10 Å². The van der Waals surface area contributed by atoms with Gasteiger partial charge in [0.15, 0.2) is 17.2 Å². The molecule has 10 nitrogen and oxygen atoms in total. The maximum atomic E-state index is 15.1. The van der Waals surface area contributed by atoms with Crippen LogP contribution in [0.25, 0.3) is 0 Å². The topological polar surface area (TPSA) is 113 Å². The predicted octanol–water partition coefficient (Wildman–Crippen LogP) is 4.65. The lowest BCUT2D eigenvalue weighted by molar-refractivity contribution is -0.168. The van der Waals surface area contributed by atoms with E-state index in [2.05, 4.69) is 25.8 Å². The molecule has 3 aliphatic rings. The number of aromatic nitrogens is 3. The van der Waals surface area contributed by atoms with Crippen molar-refractivity contribution in [3.63, 3.8) is 0 Å². The van der Waals surface area contributed by atoms with Crippen molar-refractivity contribution in [2.45, 2.75) is 31.2 Å². The minimum Gasteiger partial charge on any atom is -0.436 e. The summed E-state index contributed by atoms with van der Waals surface area (Å²) in [5, 5.41) is 13.2. The lowest BCUT2D eigenvalue weighted by Crippen LogP contribution is -2.42. The molecule has 1 aromatic carbocycles. The Morgan fingerprint density at radius 1 is 1.17 bits per heavy atom. The fourth-order valence-electron chi connectivity index (χ4n) is 5.59. The number of nitrogens with one attached hydrogen (secondary N) is 2. The Morgan fingerprint density at radius 3 is 2.74 bits per heavy atom. The monoisotopic (exact) mass is 605 g/mol. The first-order chi connectivity index (χ1) is 20.0. The van der Waals surface area contributed by atoms with Gasteiger partial charge in [0.25, 0.3) is 5.91 Å². The van der Waals surface area contributed by atoms with Gasteiger partial charge in [-0.2, -0.15) is 18.3 Å².